The van der Waals surface area contributed by atoms with Gasteiger partial charge in [0.1, 0.15) is 24.4 Å². The van der Waals surface area contributed by atoms with Crippen LogP contribution in [-0.2, 0) is 53.8 Å². The van der Waals surface area contributed by atoms with Crippen molar-refractivity contribution in [3.05, 3.63) is 109 Å². The predicted molar refractivity (Wildman–Crippen MR) is 337 cm³/mol. The van der Waals surface area contributed by atoms with Crippen molar-refractivity contribution in [1.82, 2.24) is 5.32 Å². The Morgan fingerprint density at radius 1 is 0.578 bits per heavy atom. The maximum atomic E-state index is 15.8. The third-order valence-electron chi connectivity index (χ3n) is 15.9. The van der Waals surface area contributed by atoms with Crippen LogP contribution in [0.4, 0.5) is 0 Å². The van der Waals surface area contributed by atoms with Crippen molar-refractivity contribution in [3.63, 3.8) is 0 Å². The van der Waals surface area contributed by atoms with Crippen molar-refractivity contribution in [3.8, 4) is 0 Å². The smallest absolute Gasteiger partial charge is 0.310 e. The molecule has 7 atom stereocenters. The van der Waals surface area contributed by atoms with E-state index < -0.39 is 68.7 Å². The van der Waals surface area contributed by atoms with Crippen molar-refractivity contribution in [2.24, 2.45) is 0 Å². The maximum Gasteiger partial charge on any atom is 0.310 e. The van der Waals surface area contributed by atoms with Crippen molar-refractivity contribution >= 4 is 35.8 Å². The largest absolute Gasteiger partial charge is 0.462 e. The molecule has 1 aliphatic heterocycles. The average molecular weight is 1170 g/mol. The molecule has 3 aromatic carbocycles. The fraction of sp³-hybridized carbons (Fsp3) is 0.671. The number of hydrogen-bond donors (Lipinski definition) is 2. The second-order valence-electron chi connectivity index (χ2n) is 23.1. The first kappa shape index (κ1) is 71.3. The number of hydrogen-bond acceptors (Lipinski definition) is 11. The summed E-state index contributed by atoms with van der Waals surface area (Å²) in [6.45, 7) is 10.2. The molecule has 0 spiro atoms. The van der Waals surface area contributed by atoms with E-state index in [1.807, 2.05) is 42.5 Å². The Hall–Kier alpha value is -4.16. The molecule has 1 aliphatic rings. The van der Waals surface area contributed by atoms with Crippen LogP contribution in [0, 0.1) is 0 Å². The van der Waals surface area contributed by atoms with Crippen LogP contribution in [0.25, 0.3) is 0 Å². The lowest BCUT2D eigenvalue weighted by molar-refractivity contribution is -0.266. The van der Waals surface area contributed by atoms with Gasteiger partial charge in [-0.1, -0.05) is 267 Å². The van der Waals surface area contributed by atoms with E-state index in [2.05, 4.69) is 32.7 Å². The van der Waals surface area contributed by atoms with Gasteiger partial charge in [0.25, 0.3) is 7.37 Å². The Balaban J connectivity index is 1.63. The predicted octanol–water partition coefficient (Wildman–Crippen LogP) is 16.4. The summed E-state index contributed by atoms with van der Waals surface area (Å²) in [4.78, 5) is 43.2. The Morgan fingerprint density at radius 3 is 1.49 bits per heavy atom. The van der Waals surface area contributed by atoms with E-state index in [0.29, 0.717) is 36.5 Å². The zero-order chi connectivity index (χ0) is 59.4. The van der Waals surface area contributed by atoms with E-state index in [-0.39, 0.29) is 31.8 Å². The number of esters is 2. The van der Waals surface area contributed by atoms with E-state index in [1.165, 1.54) is 116 Å². The van der Waals surface area contributed by atoms with E-state index in [4.69, 9.17) is 28.2 Å². The van der Waals surface area contributed by atoms with Crippen molar-refractivity contribution in [2.75, 3.05) is 13.2 Å². The molecule has 83 heavy (non-hydrogen) atoms. The second kappa shape index (κ2) is 45.2. The van der Waals surface area contributed by atoms with Gasteiger partial charge >= 0.3 is 11.9 Å². The number of amides is 1. The van der Waals surface area contributed by atoms with Crippen LogP contribution in [0.1, 0.15) is 245 Å². The van der Waals surface area contributed by atoms with Gasteiger partial charge in [-0.3, -0.25) is 18.9 Å². The van der Waals surface area contributed by atoms with Crippen LogP contribution >= 0.6 is 7.37 Å². The van der Waals surface area contributed by atoms with Crippen LogP contribution in [-0.4, -0.2) is 79.0 Å². The van der Waals surface area contributed by atoms with Gasteiger partial charge in [-0.15, -0.1) is 6.58 Å². The Labute approximate surface area is 502 Å². The molecule has 13 heteroatoms. The van der Waals surface area contributed by atoms with Crippen LogP contribution in [0.5, 0.6) is 0 Å². The summed E-state index contributed by atoms with van der Waals surface area (Å²) in [5.74, 6) is -1.46. The highest BCUT2D eigenvalue weighted by Gasteiger charge is 2.53. The standard InChI is InChI=1S/C70H110NO11P/c1-5-9-12-15-18-21-22-25-28-31-43-52-65(74)79-60(47-38-30-27-24-20-17-14-11-7-3)55-66(75)81-69-67(71-64(73)54-59(78-57-58-44-35-32-36-45-58)46-37-29-26-23-19-16-13-10-6-2)70(77-53-8-4)80-63(56-72)68(69)82-83(76,61-48-39-33-40-49-61)62-50-41-34-42-51-62/h8,32-36,39-42,44-45,48-51,59-60,63,67-70,72H,4-7,9-31,37-38,43,46-47,52-57H2,1-3H3,(H,71,73)/t59-,60-,63-,67-,68-,69-,70+/m1/s1. The molecule has 2 N–H and O–H groups in total. The molecule has 1 fully saturated rings. The topological polar surface area (TPSA) is 156 Å². The zero-order valence-corrected chi connectivity index (χ0v) is 52.5. The number of nitrogens with one attached hydrogen (secondary N) is 1. The summed E-state index contributed by atoms with van der Waals surface area (Å²) in [7, 11) is -4.06. The number of ether oxygens (including phenoxy) is 5. The number of benzene rings is 3. The molecule has 0 bridgehead atoms. The lowest BCUT2D eigenvalue weighted by Gasteiger charge is -2.46. The maximum absolute atomic E-state index is 15.8. The Morgan fingerprint density at radius 2 is 1.02 bits per heavy atom. The average Bonchev–Trinajstić information content (AvgIpc) is 3.56. The lowest BCUT2D eigenvalue weighted by Crippen LogP contribution is -2.66. The minimum Gasteiger partial charge on any atom is -0.462 e. The molecule has 4 rings (SSSR count). The molecule has 12 nitrogen and oxygen atoms in total. The Kier molecular flexibility index (Phi) is 38.8. The molecule has 0 aromatic heterocycles. The highest BCUT2D eigenvalue weighted by molar-refractivity contribution is 7.74. The van der Waals surface area contributed by atoms with Crippen molar-refractivity contribution in [1.29, 1.82) is 0 Å². The first-order valence-electron chi connectivity index (χ1n) is 32.9. The van der Waals surface area contributed by atoms with Gasteiger partial charge in [-0.2, -0.15) is 0 Å². The summed E-state index contributed by atoms with van der Waals surface area (Å²) in [5, 5.41) is 15.1. The number of aliphatic hydroxyl groups is 1. The third kappa shape index (κ3) is 29.7. The van der Waals surface area contributed by atoms with Crippen LogP contribution in [0.2, 0.25) is 0 Å². The third-order valence-corrected chi connectivity index (χ3v) is 18.4. The van der Waals surface area contributed by atoms with Gasteiger partial charge in [-0.05, 0) is 55.5 Å². The molecular weight excluding hydrogens is 1060 g/mol. The summed E-state index contributed by atoms with van der Waals surface area (Å²) in [6, 6.07) is 26.2. The second-order valence-corrected chi connectivity index (χ2v) is 25.5. The SMILES string of the molecule is C=CCO[C@H]1O[C@H](CO)[C@@H](OP(=O)(c2ccccc2)c2ccccc2)[C@H](OC(=O)C[C@@H](CCCCCCCCCCC)OC(=O)CCCCCCCCCCCCC)[C@H]1NC(=O)C[C@@H](CCCCCCCCCCC)OCc1ccccc1. The van der Waals surface area contributed by atoms with Crippen molar-refractivity contribution < 1.29 is 52.3 Å². The van der Waals surface area contributed by atoms with Crippen LogP contribution in [0.3, 0.4) is 0 Å². The van der Waals surface area contributed by atoms with Gasteiger partial charge in [-0.25, -0.2) is 0 Å². The number of aliphatic hydroxyl groups excluding tert-OH is 1. The molecule has 0 radical (unpaired) electrons. The van der Waals surface area contributed by atoms with E-state index in [9.17, 15) is 19.5 Å². The molecular formula is C70H110NO11P. The van der Waals surface area contributed by atoms with Gasteiger partial charge in [0, 0.05) is 17.0 Å². The molecule has 1 amide bonds. The monoisotopic (exact) mass is 1170 g/mol. The minimum absolute atomic E-state index is 0.00872. The van der Waals surface area contributed by atoms with E-state index in [1.54, 1.807) is 54.6 Å². The highest BCUT2D eigenvalue weighted by atomic mass is 31.2. The fourth-order valence-electron chi connectivity index (χ4n) is 11.1. The summed E-state index contributed by atoms with van der Waals surface area (Å²) in [5.41, 5.74) is 0.989. The molecule has 0 saturated carbocycles. The summed E-state index contributed by atoms with van der Waals surface area (Å²) in [6.07, 6.45) is 29.3. The molecule has 0 unspecified atom stereocenters. The van der Waals surface area contributed by atoms with Gasteiger partial charge < -0.3 is 38.6 Å². The quantitative estimate of drug-likeness (QED) is 0.0240. The van der Waals surface area contributed by atoms with Crippen LogP contribution in [0.15, 0.2) is 104 Å². The minimum atomic E-state index is -4.06. The zero-order valence-electron chi connectivity index (χ0n) is 51.6. The fourth-order valence-corrected chi connectivity index (χ4v) is 13.4. The first-order valence-corrected chi connectivity index (χ1v) is 34.5. The Bertz CT molecular complexity index is 2120. The van der Waals surface area contributed by atoms with Crippen LogP contribution < -0.4 is 15.9 Å². The number of rotatable bonds is 50. The molecule has 1 heterocycles. The van der Waals surface area contributed by atoms with E-state index in [0.717, 1.165) is 69.8 Å². The lowest BCUT2D eigenvalue weighted by atomic mass is 9.96. The van der Waals surface area contributed by atoms with Crippen molar-refractivity contribution in [2.45, 2.75) is 289 Å². The highest BCUT2D eigenvalue weighted by Crippen LogP contribution is 2.48. The molecule has 0 aliphatic carbocycles. The summed E-state index contributed by atoms with van der Waals surface area (Å²) >= 11 is 0. The number of carbonyl (C=O) groups excluding carboxylic acids is 3. The normalized spacial score (nSPS) is 17.9. The van der Waals surface area contributed by atoms with Gasteiger partial charge in [0.15, 0.2) is 12.4 Å². The van der Waals surface area contributed by atoms with E-state index >= 15 is 4.57 Å². The van der Waals surface area contributed by atoms with Gasteiger partial charge in [0.05, 0.1) is 38.8 Å². The first-order chi connectivity index (χ1) is 40.6. The molecule has 466 valence electrons. The molecule has 3 aromatic rings. The summed E-state index contributed by atoms with van der Waals surface area (Å²) < 4.78 is 54.7. The molecule has 1 saturated heterocycles. The number of carbonyl (C=O) groups is 3. The van der Waals surface area contributed by atoms with Gasteiger partial charge in [0.2, 0.25) is 5.91 Å². The number of unbranched alkanes of at least 4 members (excludes halogenated alkanes) is 26.